The van der Waals surface area contributed by atoms with Crippen LogP contribution in [0.2, 0.25) is 0 Å². The lowest BCUT2D eigenvalue weighted by atomic mass is 10.1. The van der Waals surface area contributed by atoms with E-state index < -0.39 is 0 Å². The van der Waals surface area contributed by atoms with E-state index in [2.05, 4.69) is 24.3 Å². The second-order valence-electron chi connectivity index (χ2n) is 3.79. The highest BCUT2D eigenvalue weighted by Gasteiger charge is 2.21. The standard InChI is InChI=1S/C10H17N3O/c1-7-10(8(2)13(3)12-7)9-6-14-5-4-11-9/h9,11H,4-6H2,1-3H3/t9-/m1/s1. The van der Waals surface area contributed by atoms with E-state index in [1.807, 2.05) is 11.7 Å². The highest BCUT2D eigenvalue weighted by atomic mass is 16.5. The summed E-state index contributed by atoms with van der Waals surface area (Å²) < 4.78 is 7.39. The number of aryl methyl sites for hydroxylation is 2. The third-order valence-corrected chi connectivity index (χ3v) is 2.84. The summed E-state index contributed by atoms with van der Waals surface area (Å²) in [6.07, 6.45) is 0. The minimum atomic E-state index is 0.317. The lowest BCUT2D eigenvalue weighted by molar-refractivity contribution is 0.0765. The first-order valence-corrected chi connectivity index (χ1v) is 5.01. The summed E-state index contributed by atoms with van der Waals surface area (Å²) in [5.74, 6) is 0. The highest BCUT2D eigenvalue weighted by Crippen LogP contribution is 2.22. The largest absolute Gasteiger partial charge is 0.378 e. The minimum absolute atomic E-state index is 0.317. The van der Waals surface area contributed by atoms with Crippen LogP contribution in [0.1, 0.15) is 23.0 Å². The molecule has 78 valence electrons. The van der Waals surface area contributed by atoms with Crippen LogP contribution < -0.4 is 5.32 Å². The van der Waals surface area contributed by atoms with Crippen LogP contribution in [0, 0.1) is 13.8 Å². The van der Waals surface area contributed by atoms with Crippen molar-refractivity contribution >= 4 is 0 Å². The molecule has 0 aromatic carbocycles. The number of morpholine rings is 1. The van der Waals surface area contributed by atoms with E-state index in [0.29, 0.717) is 6.04 Å². The zero-order chi connectivity index (χ0) is 10.1. The normalized spacial score (nSPS) is 22.6. The van der Waals surface area contributed by atoms with Gasteiger partial charge in [-0.2, -0.15) is 5.10 Å². The molecule has 0 bridgehead atoms. The molecule has 1 fully saturated rings. The molecule has 14 heavy (non-hydrogen) atoms. The molecule has 2 rings (SSSR count). The number of hydrogen-bond acceptors (Lipinski definition) is 3. The summed E-state index contributed by atoms with van der Waals surface area (Å²) in [6.45, 7) is 6.66. The van der Waals surface area contributed by atoms with Crippen LogP contribution in [0.3, 0.4) is 0 Å². The molecule has 0 amide bonds. The van der Waals surface area contributed by atoms with Gasteiger partial charge in [0.05, 0.1) is 24.9 Å². The molecule has 1 aromatic heterocycles. The average Bonchev–Trinajstić information content (AvgIpc) is 2.43. The molecule has 1 aliphatic heterocycles. The van der Waals surface area contributed by atoms with Crippen molar-refractivity contribution < 1.29 is 4.74 Å². The number of nitrogens with one attached hydrogen (secondary N) is 1. The quantitative estimate of drug-likeness (QED) is 0.717. The summed E-state index contributed by atoms with van der Waals surface area (Å²) in [5.41, 5.74) is 3.63. The van der Waals surface area contributed by atoms with Crippen molar-refractivity contribution in [1.29, 1.82) is 0 Å². The summed E-state index contributed by atoms with van der Waals surface area (Å²) in [4.78, 5) is 0. The van der Waals surface area contributed by atoms with E-state index in [1.165, 1.54) is 11.3 Å². The van der Waals surface area contributed by atoms with E-state index in [9.17, 15) is 0 Å². The van der Waals surface area contributed by atoms with E-state index in [1.54, 1.807) is 0 Å². The molecule has 0 saturated carbocycles. The predicted octanol–water partition coefficient (Wildman–Crippen LogP) is 0.698. The van der Waals surface area contributed by atoms with Gasteiger partial charge in [-0.1, -0.05) is 0 Å². The summed E-state index contributed by atoms with van der Waals surface area (Å²) >= 11 is 0. The summed E-state index contributed by atoms with van der Waals surface area (Å²) in [7, 11) is 1.98. The molecule has 4 nitrogen and oxygen atoms in total. The molecule has 0 unspecified atom stereocenters. The van der Waals surface area contributed by atoms with Crippen molar-refractivity contribution in [3.8, 4) is 0 Å². The summed E-state index contributed by atoms with van der Waals surface area (Å²) in [6, 6.07) is 0.317. The monoisotopic (exact) mass is 195 g/mol. The van der Waals surface area contributed by atoms with E-state index >= 15 is 0 Å². The molecule has 4 heteroatoms. The molecule has 0 spiro atoms. The van der Waals surface area contributed by atoms with Gasteiger partial charge in [0, 0.05) is 24.8 Å². The van der Waals surface area contributed by atoms with Gasteiger partial charge >= 0.3 is 0 Å². The lowest BCUT2D eigenvalue weighted by Crippen LogP contribution is -2.35. The van der Waals surface area contributed by atoms with E-state index in [0.717, 1.165) is 25.5 Å². The maximum absolute atomic E-state index is 5.46. The first-order valence-electron chi connectivity index (χ1n) is 5.01. The van der Waals surface area contributed by atoms with Gasteiger partial charge in [-0.05, 0) is 13.8 Å². The lowest BCUT2D eigenvalue weighted by Gasteiger charge is -2.24. The molecule has 1 aliphatic rings. The number of rotatable bonds is 1. The second-order valence-corrected chi connectivity index (χ2v) is 3.79. The van der Waals surface area contributed by atoms with Crippen molar-refractivity contribution in [2.45, 2.75) is 19.9 Å². The number of ether oxygens (including phenoxy) is 1. The van der Waals surface area contributed by atoms with Crippen molar-refractivity contribution in [3.05, 3.63) is 17.0 Å². The maximum atomic E-state index is 5.46. The first-order chi connectivity index (χ1) is 6.70. The molecule has 1 N–H and O–H groups in total. The van der Waals surface area contributed by atoms with Crippen LogP contribution in [0.15, 0.2) is 0 Å². The fourth-order valence-corrected chi connectivity index (χ4v) is 2.05. The van der Waals surface area contributed by atoms with Crippen LogP contribution in [0.5, 0.6) is 0 Å². The SMILES string of the molecule is Cc1nn(C)c(C)c1[C@H]1COCCN1. The predicted molar refractivity (Wildman–Crippen MR) is 54.2 cm³/mol. The topological polar surface area (TPSA) is 39.1 Å². The molecule has 1 atom stereocenters. The van der Waals surface area contributed by atoms with Crippen molar-refractivity contribution in [2.24, 2.45) is 7.05 Å². The summed E-state index contributed by atoms with van der Waals surface area (Å²) in [5, 5.41) is 7.86. The van der Waals surface area contributed by atoms with Gasteiger partial charge in [0.25, 0.3) is 0 Å². The van der Waals surface area contributed by atoms with Crippen LogP contribution in [-0.2, 0) is 11.8 Å². The fraction of sp³-hybridized carbons (Fsp3) is 0.700. The van der Waals surface area contributed by atoms with Gasteiger partial charge in [-0.3, -0.25) is 4.68 Å². The van der Waals surface area contributed by atoms with Gasteiger partial charge in [-0.25, -0.2) is 0 Å². The van der Waals surface area contributed by atoms with Crippen molar-refractivity contribution in [1.82, 2.24) is 15.1 Å². The Balaban J connectivity index is 2.29. The average molecular weight is 195 g/mol. The van der Waals surface area contributed by atoms with Gasteiger partial charge in [-0.15, -0.1) is 0 Å². The first kappa shape index (κ1) is 9.68. The molecule has 1 aromatic rings. The Kier molecular flexibility index (Phi) is 2.56. The Labute approximate surface area is 84.3 Å². The number of nitrogens with zero attached hydrogens (tertiary/aromatic N) is 2. The number of aromatic nitrogens is 2. The highest BCUT2D eigenvalue weighted by molar-refractivity contribution is 5.28. The Hall–Kier alpha value is -0.870. The van der Waals surface area contributed by atoms with Crippen LogP contribution >= 0.6 is 0 Å². The van der Waals surface area contributed by atoms with Crippen molar-refractivity contribution in [3.63, 3.8) is 0 Å². The Morgan fingerprint density at radius 2 is 2.29 bits per heavy atom. The zero-order valence-corrected chi connectivity index (χ0v) is 9.00. The molecular weight excluding hydrogens is 178 g/mol. The van der Waals surface area contributed by atoms with E-state index in [4.69, 9.17) is 4.74 Å². The van der Waals surface area contributed by atoms with E-state index in [-0.39, 0.29) is 0 Å². The van der Waals surface area contributed by atoms with Crippen LogP contribution in [-0.4, -0.2) is 29.5 Å². The Morgan fingerprint density at radius 1 is 1.50 bits per heavy atom. The Bertz CT molecular complexity index is 326. The van der Waals surface area contributed by atoms with Crippen molar-refractivity contribution in [2.75, 3.05) is 19.8 Å². The van der Waals surface area contributed by atoms with Gasteiger partial charge in [0.1, 0.15) is 0 Å². The molecular formula is C10H17N3O. The number of hydrogen-bond donors (Lipinski definition) is 1. The van der Waals surface area contributed by atoms with Gasteiger partial charge in [0.2, 0.25) is 0 Å². The second kappa shape index (κ2) is 3.71. The molecule has 1 saturated heterocycles. The maximum Gasteiger partial charge on any atom is 0.0663 e. The fourth-order valence-electron chi connectivity index (χ4n) is 2.05. The third kappa shape index (κ3) is 1.55. The van der Waals surface area contributed by atoms with Crippen LogP contribution in [0.25, 0.3) is 0 Å². The molecule has 2 heterocycles. The molecule has 0 aliphatic carbocycles. The minimum Gasteiger partial charge on any atom is -0.378 e. The Morgan fingerprint density at radius 3 is 2.79 bits per heavy atom. The molecule has 0 radical (unpaired) electrons. The zero-order valence-electron chi connectivity index (χ0n) is 9.00. The van der Waals surface area contributed by atoms with Gasteiger partial charge in [0.15, 0.2) is 0 Å². The third-order valence-electron chi connectivity index (χ3n) is 2.84. The van der Waals surface area contributed by atoms with Gasteiger partial charge < -0.3 is 10.1 Å². The van der Waals surface area contributed by atoms with Crippen LogP contribution in [0.4, 0.5) is 0 Å². The smallest absolute Gasteiger partial charge is 0.0663 e.